The Morgan fingerprint density at radius 1 is 1.42 bits per heavy atom. The zero-order valence-corrected chi connectivity index (χ0v) is 10.6. The largest absolute Gasteiger partial charge is 0.495 e. The van der Waals surface area contributed by atoms with Gasteiger partial charge in [-0.2, -0.15) is 0 Å². The van der Waals surface area contributed by atoms with E-state index in [0.29, 0.717) is 18.7 Å². The second-order valence-electron chi connectivity index (χ2n) is 4.21. The monoisotopic (exact) mass is 263 g/mol. The maximum Gasteiger partial charge on any atom is 0.323 e. The fourth-order valence-corrected chi connectivity index (χ4v) is 1.83. The van der Waals surface area contributed by atoms with Gasteiger partial charge in [-0.25, -0.2) is 4.79 Å². The van der Waals surface area contributed by atoms with Crippen molar-refractivity contribution in [3.63, 3.8) is 0 Å². The SMILES string of the molecule is COc1ccccc1NCC(O)Cc1c[nH]c(=O)[nH]1. The average Bonchev–Trinajstić information content (AvgIpc) is 2.82. The van der Waals surface area contributed by atoms with E-state index >= 15 is 0 Å². The second-order valence-corrected chi connectivity index (χ2v) is 4.21. The van der Waals surface area contributed by atoms with Crippen molar-refractivity contribution in [1.82, 2.24) is 9.97 Å². The van der Waals surface area contributed by atoms with Crippen molar-refractivity contribution in [3.8, 4) is 5.75 Å². The van der Waals surface area contributed by atoms with Crippen molar-refractivity contribution in [2.24, 2.45) is 0 Å². The predicted octanol–water partition coefficient (Wildman–Crippen LogP) is 0.727. The van der Waals surface area contributed by atoms with Gasteiger partial charge < -0.3 is 25.1 Å². The Labute approximate surface area is 110 Å². The van der Waals surface area contributed by atoms with Gasteiger partial charge in [0.2, 0.25) is 0 Å². The molecule has 102 valence electrons. The Morgan fingerprint density at radius 2 is 2.21 bits per heavy atom. The Balaban J connectivity index is 1.89. The Morgan fingerprint density at radius 3 is 2.89 bits per heavy atom. The smallest absolute Gasteiger partial charge is 0.323 e. The number of H-pyrrole nitrogens is 2. The van der Waals surface area contributed by atoms with Crippen LogP contribution in [0.25, 0.3) is 0 Å². The van der Waals surface area contributed by atoms with Crippen molar-refractivity contribution in [1.29, 1.82) is 0 Å². The molecule has 4 N–H and O–H groups in total. The molecule has 0 aliphatic rings. The molecular formula is C13H17N3O3. The van der Waals surface area contributed by atoms with Crippen LogP contribution >= 0.6 is 0 Å². The van der Waals surface area contributed by atoms with Crippen LogP contribution in [0.15, 0.2) is 35.3 Å². The molecule has 6 heteroatoms. The van der Waals surface area contributed by atoms with Crippen LogP contribution < -0.4 is 15.7 Å². The maximum absolute atomic E-state index is 10.9. The number of hydrogen-bond donors (Lipinski definition) is 4. The van der Waals surface area contributed by atoms with Crippen LogP contribution in [0.4, 0.5) is 5.69 Å². The van der Waals surface area contributed by atoms with Crippen molar-refractivity contribution < 1.29 is 9.84 Å². The van der Waals surface area contributed by atoms with Crippen molar-refractivity contribution in [3.05, 3.63) is 46.6 Å². The van der Waals surface area contributed by atoms with E-state index in [1.54, 1.807) is 13.3 Å². The van der Waals surface area contributed by atoms with Crippen LogP contribution in [0.5, 0.6) is 5.75 Å². The van der Waals surface area contributed by atoms with Crippen LogP contribution in [0.3, 0.4) is 0 Å². The lowest BCUT2D eigenvalue weighted by Gasteiger charge is -2.14. The normalized spacial score (nSPS) is 12.1. The summed E-state index contributed by atoms with van der Waals surface area (Å²) in [6.45, 7) is 0.369. The maximum atomic E-state index is 10.9. The first-order valence-corrected chi connectivity index (χ1v) is 6.00. The number of methoxy groups -OCH3 is 1. The number of aromatic amines is 2. The van der Waals surface area contributed by atoms with Crippen molar-refractivity contribution >= 4 is 5.69 Å². The number of nitrogens with one attached hydrogen (secondary N) is 3. The molecule has 1 unspecified atom stereocenters. The highest BCUT2D eigenvalue weighted by Crippen LogP contribution is 2.22. The molecule has 2 aromatic rings. The van der Waals surface area contributed by atoms with Gasteiger partial charge in [-0.05, 0) is 12.1 Å². The molecule has 1 heterocycles. The molecule has 1 aromatic carbocycles. The third-order valence-corrected chi connectivity index (χ3v) is 2.74. The summed E-state index contributed by atoms with van der Waals surface area (Å²) >= 11 is 0. The predicted molar refractivity (Wildman–Crippen MR) is 72.6 cm³/mol. The minimum absolute atomic E-state index is 0.264. The van der Waals surface area contributed by atoms with Gasteiger partial charge >= 0.3 is 5.69 Å². The van der Waals surface area contributed by atoms with Crippen molar-refractivity contribution in [2.45, 2.75) is 12.5 Å². The van der Waals surface area contributed by atoms with Gasteiger partial charge in [0.25, 0.3) is 0 Å². The Bertz CT molecular complexity index is 576. The molecule has 0 saturated heterocycles. The standard InChI is InChI=1S/C13H17N3O3/c1-19-12-5-3-2-4-11(12)14-8-10(17)6-9-7-15-13(18)16-9/h2-5,7,10,14,17H,6,8H2,1H3,(H2,15,16,18). The molecule has 0 saturated carbocycles. The van der Waals surface area contributed by atoms with Crippen molar-refractivity contribution in [2.75, 3.05) is 19.0 Å². The third kappa shape index (κ3) is 3.62. The highest BCUT2D eigenvalue weighted by atomic mass is 16.5. The molecule has 0 fully saturated rings. The molecule has 0 radical (unpaired) electrons. The molecule has 1 aromatic heterocycles. The van der Waals surface area contributed by atoms with E-state index in [2.05, 4.69) is 15.3 Å². The summed E-state index contributed by atoms with van der Waals surface area (Å²) in [5.41, 5.74) is 1.24. The topological polar surface area (TPSA) is 90.1 Å². The molecule has 0 aliphatic carbocycles. The van der Waals surface area contributed by atoms with E-state index < -0.39 is 6.10 Å². The van der Waals surface area contributed by atoms with Gasteiger partial charge in [0.1, 0.15) is 5.75 Å². The Hall–Kier alpha value is -2.21. The van der Waals surface area contributed by atoms with E-state index in [-0.39, 0.29) is 5.69 Å². The molecule has 0 bridgehead atoms. The average molecular weight is 263 g/mol. The minimum atomic E-state index is -0.601. The van der Waals surface area contributed by atoms with E-state index in [4.69, 9.17) is 4.74 Å². The first-order valence-electron chi connectivity index (χ1n) is 6.00. The number of imidazole rings is 1. The summed E-state index contributed by atoms with van der Waals surface area (Å²) in [6, 6.07) is 7.49. The van der Waals surface area contributed by atoms with Crippen LogP contribution in [-0.4, -0.2) is 34.8 Å². The number of ether oxygens (including phenoxy) is 1. The first kappa shape index (κ1) is 13.2. The summed E-state index contributed by atoms with van der Waals surface area (Å²) in [5.74, 6) is 0.727. The summed E-state index contributed by atoms with van der Waals surface area (Å²) in [6.07, 6.45) is 1.34. The number of benzene rings is 1. The fourth-order valence-electron chi connectivity index (χ4n) is 1.83. The fraction of sp³-hybridized carbons (Fsp3) is 0.308. The quantitative estimate of drug-likeness (QED) is 0.618. The molecule has 0 spiro atoms. The third-order valence-electron chi connectivity index (χ3n) is 2.74. The molecule has 19 heavy (non-hydrogen) atoms. The summed E-state index contributed by atoms with van der Waals surface area (Å²) in [5, 5.41) is 13.0. The number of rotatable bonds is 6. The van der Waals surface area contributed by atoms with E-state index in [1.807, 2.05) is 24.3 Å². The number of hydrogen-bond acceptors (Lipinski definition) is 4. The van der Waals surface area contributed by atoms with Crippen LogP contribution in [0.1, 0.15) is 5.69 Å². The van der Waals surface area contributed by atoms with Gasteiger partial charge in [0.05, 0.1) is 18.9 Å². The molecule has 0 aliphatic heterocycles. The van der Waals surface area contributed by atoms with Gasteiger partial charge in [-0.15, -0.1) is 0 Å². The van der Waals surface area contributed by atoms with E-state index in [9.17, 15) is 9.90 Å². The number of anilines is 1. The molecule has 2 rings (SSSR count). The van der Waals surface area contributed by atoms with E-state index in [0.717, 1.165) is 11.4 Å². The van der Waals surface area contributed by atoms with E-state index in [1.165, 1.54) is 0 Å². The zero-order chi connectivity index (χ0) is 13.7. The van der Waals surface area contributed by atoms with Crippen LogP contribution in [-0.2, 0) is 6.42 Å². The van der Waals surface area contributed by atoms with Gasteiger partial charge in [0.15, 0.2) is 0 Å². The number of para-hydroxylation sites is 2. The summed E-state index contributed by atoms with van der Waals surface area (Å²) in [7, 11) is 1.60. The van der Waals surface area contributed by atoms with Gasteiger partial charge in [-0.1, -0.05) is 12.1 Å². The van der Waals surface area contributed by atoms with Gasteiger partial charge in [-0.3, -0.25) is 0 Å². The second kappa shape index (κ2) is 6.10. The molecular weight excluding hydrogens is 246 g/mol. The zero-order valence-electron chi connectivity index (χ0n) is 10.6. The number of aliphatic hydroxyl groups is 1. The summed E-state index contributed by atoms with van der Waals surface area (Å²) < 4.78 is 5.20. The highest BCUT2D eigenvalue weighted by Gasteiger charge is 2.08. The number of aliphatic hydroxyl groups excluding tert-OH is 1. The lowest BCUT2D eigenvalue weighted by Crippen LogP contribution is -2.22. The first-order chi connectivity index (χ1) is 9.19. The van der Waals surface area contributed by atoms with Crippen LogP contribution in [0.2, 0.25) is 0 Å². The Kier molecular flexibility index (Phi) is 4.25. The molecule has 1 atom stereocenters. The lowest BCUT2D eigenvalue weighted by atomic mass is 10.2. The minimum Gasteiger partial charge on any atom is -0.495 e. The number of aromatic nitrogens is 2. The summed E-state index contributed by atoms with van der Waals surface area (Å²) in [4.78, 5) is 16.0. The van der Waals surface area contributed by atoms with Gasteiger partial charge in [0, 0.05) is 24.9 Å². The molecule has 0 amide bonds. The van der Waals surface area contributed by atoms with Crippen LogP contribution in [0, 0.1) is 0 Å². The highest BCUT2D eigenvalue weighted by molar-refractivity contribution is 5.56. The lowest BCUT2D eigenvalue weighted by molar-refractivity contribution is 0.187. The molecule has 6 nitrogen and oxygen atoms in total.